The number of hydrogen-bond donors (Lipinski definition) is 0. The summed E-state index contributed by atoms with van der Waals surface area (Å²) in [6.45, 7) is 8.63. The molecule has 0 fully saturated rings. The minimum Gasteiger partial charge on any atom is -0.463 e. The summed E-state index contributed by atoms with van der Waals surface area (Å²) in [4.78, 5) is 10.8. The maximum absolute atomic E-state index is 10.8. The van der Waals surface area contributed by atoms with Crippen LogP contribution in [0.3, 0.4) is 0 Å². The lowest BCUT2D eigenvalue weighted by atomic mass is 9.92. The first kappa shape index (κ1) is 11.2. The molecule has 0 unspecified atom stereocenters. The maximum atomic E-state index is 10.8. The standard InChI is InChI=1S/C10H18O2/c1-5-12-9(11)7-6-8-10(2,3)4/h6-7H,5,8H2,1-4H3/b7-6+. The van der Waals surface area contributed by atoms with Crippen LogP contribution in [0.4, 0.5) is 0 Å². The monoisotopic (exact) mass is 170 g/mol. The van der Waals surface area contributed by atoms with Crippen LogP contribution in [-0.4, -0.2) is 12.6 Å². The van der Waals surface area contributed by atoms with Gasteiger partial charge in [0, 0.05) is 6.08 Å². The Hall–Kier alpha value is -0.790. The molecule has 0 aliphatic carbocycles. The smallest absolute Gasteiger partial charge is 0.330 e. The molecule has 0 aromatic carbocycles. The van der Waals surface area contributed by atoms with E-state index in [1.807, 2.05) is 6.08 Å². The van der Waals surface area contributed by atoms with Crippen LogP contribution in [0.25, 0.3) is 0 Å². The molecule has 0 aromatic heterocycles. The van der Waals surface area contributed by atoms with Gasteiger partial charge >= 0.3 is 5.97 Å². The van der Waals surface area contributed by atoms with E-state index in [-0.39, 0.29) is 11.4 Å². The Labute approximate surface area is 74.6 Å². The minimum atomic E-state index is -0.248. The van der Waals surface area contributed by atoms with Crippen LogP contribution in [0.2, 0.25) is 0 Å². The quantitative estimate of drug-likeness (QED) is 0.480. The van der Waals surface area contributed by atoms with Gasteiger partial charge in [0.05, 0.1) is 6.61 Å². The summed E-state index contributed by atoms with van der Waals surface area (Å²) in [5.41, 5.74) is 0.239. The number of carbonyl (C=O) groups excluding carboxylic acids is 1. The second kappa shape index (κ2) is 4.96. The Morgan fingerprint density at radius 2 is 2.00 bits per heavy atom. The average Bonchev–Trinajstić information content (AvgIpc) is 1.84. The molecule has 0 atom stereocenters. The van der Waals surface area contributed by atoms with Crippen LogP contribution in [0.15, 0.2) is 12.2 Å². The third kappa shape index (κ3) is 7.32. The predicted molar refractivity (Wildman–Crippen MR) is 49.8 cm³/mol. The zero-order valence-electron chi connectivity index (χ0n) is 8.39. The van der Waals surface area contributed by atoms with Gasteiger partial charge in [-0.3, -0.25) is 0 Å². The van der Waals surface area contributed by atoms with Crippen LogP contribution in [0, 0.1) is 5.41 Å². The molecular weight excluding hydrogens is 152 g/mol. The summed E-state index contributed by atoms with van der Waals surface area (Å²) in [5, 5.41) is 0. The molecule has 2 heteroatoms. The van der Waals surface area contributed by atoms with Gasteiger partial charge in [0.1, 0.15) is 0 Å². The normalized spacial score (nSPS) is 12.0. The number of esters is 1. The average molecular weight is 170 g/mol. The lowest BCUT2D eigenvalue weighted by Crippen LogP contribution is -2.03. The van der Waals surface area contributed by atoms with Crippen molar-refractivity contribution in [3.63, 3.8) is 0 Å². The molecule has 0 saturated carbocycles. The molecule has 2 nitrogen and oxygen atoms in total. The maximum Gasteiger partial charge on any atom is 0.330 e. The Morgan fingerprint density at radius 1 is 1.42 bits per heavy atom. The molecule has 0 radical (unpaired) electrons. The van der Waals surface area contributed by atoms with E-state index >= 15 is 0 Å². The molecule has 70 valence electrons. The number of allylic oxidation sites excluding steroid dienone is 1. The molecule has 12 heavy (non-hydrogen) atoms. The number of hydrogen-bond acceptors (Lipinski definition) is 2. The number of carbonyl (C=O) groups is 1. The molecule has 0 saturated heterocycles. The third-order valence-corrected chi connectivity index (χ3v) is 1.27. The van der Waals surface area contributed by atoms with Gasteiger partial charge in [-0.25, -0.2) is 4.79 Å². The first-order chi connectivity index (χ1) is 5.45. The summed E-state index contributed by atoms with van der Waals surface area (Å²) in [6.07, 6.45) is 4.25. The van der Waals surface area contributed by atoms with Gasteiger partial charge in [0.25, 0.3) is 0 Å². The van der Waals surface area contributed by atoms with Crippen LogP contribution in [-0.2, 0) is 9.53 Å². The van der Waals surface area contributed by atoms with E-state index in [1.165, 1.54) is 6.08 Å². The molecule has 0 amide bonds. The highest BCUT2D eigenvalue weighted by Gasteiger charge is 2.06. The summed E-state index contributed by atoms with van der Waals surface area (Å²) >= 11 is 0. The lowest BCUT2D eigenvalue weighted by molar-refractivity contribution is -0.137. The predicted octanol–water partition coefficient (Wildman–Crippen LogP) is 2.54. The van der Waals surface area contributed by atoms with Crippen molar-refractivity contribution in [1.82, 2.24) is 0 Å². The van der Waals surface area contributed by atoms with Crippen molar-refractivity contribution in [3.05, 3.63) is 12.2 Å². The van der Waals surface area contributed by atoms with Gasteiger partial charge in [0.2, 0.25) is 0 Å². The van der Waals surface area contributed by atoms with E-state index in [0.717, 1.165) is 6.42 Å². The van der Waals surface area contributed by atoms with Crippen molar-refractivity contribution in [2.75, 3.05) is 6.61 Å². The molecule has 0 aliphatic heterocycles. The topological polar surface area (TPSA) is 26.3 Å². The minimum absolute atomic E-state index is 0.239. The number of rotatable bonds is 3. The lowest BCUT2D eigenvalue weighted by Gasteiger charge is -2.14. The van der Waals surface area contributed by atoms with Crippen molar-refractivity contribution < 1.29 is 9.53 Å². The largest absolute Gasteiger partial charge is 0.463 e. The molecule has 0 N–H and O–H groups in total. The zero-order chi connectivity index (χ0) is 9.61. The van der Waals surface area contributed by atoms with Crippen LogP contribution in [0.1, 0.15) is 34.1 Å². The van der Waals surface area contributed by atoms with Crippen LogP contribution in [0.5, 0.6) is 0 Å². The van der Waals surface area contributed by atoms with E-state index in [2.05, 4.69) is 20.8 Å². The Balaban J connectivity index is 3.69. The fourth-order valence-electron chi connectivity index (χ4n) is 0.699. The van der Waals surface area contributed by atoms with Gasteiger partial charge in [0.15, 0.2) is 0 Å². The summed E-state index contributed by atoms with van der Waals surface area (Å²) in [5.74, 6) is -0.248. The molecule has 0 heterocycles. The Morgan fingerprint density at radius 3 is 2.42 bits per heavy atom. The van der Waals surface area contributed by atoms with E-state index in [0.29, 0.717) is 6.61 Å². The molecular formula is C10H18O2. The molecule has 0 rings (SSSR count). The van der Waals surface area contributed by atoms with Crippen LogP contribution < -0.4 is 0 Å². The highest BCUT2D eigenvalue weighted by atomic mass is 16.5. The van der Waals surface area contributed by atoms with Crippen molar-refractivity contribution in [3.8, 4) is 0 Å². The van der Waals surface area contributed by atoms with Crippen molar-refractivity contribution in [1.29, 1.82) is 0 Å². The van der Waals surface area contributed by atoms with Gasteiger partial charge in [-0.15, -0.1) is 0 Å². The molecule has 0 aliphatic rings. The Kier molecular flexibility index (Phi) is 4.64. The van der Waals surface area contributed by atoms with Gasteiger partial charge < -0.3 is 4.74 Å². The molecule has 0 bridgehead atoms. The van der Waals surface area contributed by atoms with Crippen molar-refractivity contribution >= 4 is 5.97 Å². The van der Waals surface area contributed by atoms with E-state index in [1.54, 1.807) is 6.92 Å². The molecule has 0 aromatic rings. The van der Waals surface area contributed by atoms with E-state index in [9.17, 15) is 4.79 Å². The summed E-state index contributed by atoms with van der Waals surface area (Å²) in [7, 11) is 0. The zero-order valence-corrected chi connectivity index (χ0v) is 8.39. The number of ether oxygens (including phenoxy) is 1. The first-order valence-electron chi connectivity index (χ1n) is 4.29. The van der Waals surface area contributed by atoms with Crippen molar-refractivity contribution in [2.45, 2.75) is 34.1 Å². The first-order valence-corrected chi connectivity index (χ1v) is 4.29. The third-order valence-electron chi connectivity index (χ3n) is 1.27. The second-order valence-corrected chi connectivity index (χ2v) is 3.92. The second-order valence-electron chi connectivity index (χ2n) is 3.92. The fourth-order valence-corrected chi connectivity index (χ4v) is 0.699. The highest BCUT2D eigenvalue weighted by molar-refractivity contribution is 5.81. The van der Waals surface area contributed by atoms with E-state index in [4.69, 9.17) is 4.74 Å². The van der Waals surface area contributed by atoms with E-state index < -0.39 is 0 Å². The summed E-state index contributed by atoms with van der Waals surface area (Å²) < 4.78 is 4.73. The van der Waals surface area contributed by atoms with Crippen LogP contribution >= 0.6 is 0 Å². The van der Waals surface area contributed by atoms with Gasteiger partial charge in [-0.1, -0.05) is 26.8 Å². The van der Waals surface area contributed by atoms with Gasteiger partial charge in [-0.05, 0) is 18.8 Å². The van der Waals surface area contributed by atoms with Crippen molar-refractivity contribution in [2.24, 2.45) is 5.41 Å². The fraction of sp³-hybridized carbons (Fsp3) is 0.700. The Bertz CT molecular complexity index is 163. The SMILES string of the molecule is CCOC(=O)/C=C/CC(C)(C)C. The molecule has 0 spiro atoms. The summed E-state index contributed by atoms with van der Waals surface area (Å²) in [6, 6.07) is 0. The highest BCUT2D eigenvalue weighted by Crippen LogP contribution is 2.18. The van der Waals surface area contributed by atoms with Gasteiger partial charge in [-0.2, -0.15) is 0 Å².